The molecule has 2 aromatic carbocycles. The van der Waals surface area contributed by atoms with Gasteiger partial charge in [-0.15, -0.1) is 0 Å². The van der Waals surface area contributed by atoms with Crippen molar-refractivity contribution in [2.45, 2.75) is 37.4 Å². The number of hydrogen-bond donors (Lipinski definition) is 0. The third-order valence-corrected chi connectivity index (χ3v) is 6.52. The van der Waals surface area contributed by atoms with Gasteiger partial charge in [-0.25, -0.2) is 8.42 Å². The first-order valence-electron chi connectivity index (χ1n) is 8.12. The molecule has 1 aliphatic rings. The van der Waals surface area contributed by atoms with Crippen molar-refractivity contribution in [3.8, 4) is 0 Å². The molecule has 1 heterocycles. The summed E-state index contributed by atoms with van der Waals surface area (Å²) in [4.78, 5) is 10.3. The molecule has 0 radical (unpaired) electrons. The fourth-order valence-electron chi connectivity index (χ4n) is 3.21. The minimum Gasteiger partial charge on any atom is -0.358 e. The third-order valence-electron chi connectivity index (χ3n) is 4.44. The second-order valence-corrected chi connectivity index (χ2v) is 8.55. The van der Waals surface area contributed by atoms with Gasteiger partial charge in [-0.3, -0.25) is 10.1 Å². The Kier molecular flexibility index (Phi) is 4.60. The highest BCUT2D eigenvalue weighted by atomic mass is 32.2. The van der Waals surface area contributed by atoms with Gasteiger partial charge in [-0.05, 0) is 38.5 Å². The first-order valence-corrected chi connectivity index (χ1v) is 9.56. The van der Waals surface area contributed by atoms with Gasteiger partial charge in [0.15, 0.2) is 0 Å². The maximum Gasteiger partial charge on any atom is 0.269 e. The second-order valence-electron chi connectivity index (χ2n) is 6.74. The average molecular weight is 376 g/mol. The molecule has 0 spiro atoms. The van der Waals surface area contributed by atoms with Crippen LogP contribution in [0.25, 0.3) is 0 Å². The Balaban J connectivity index is 2.05. The smallest absolute Gasteiger partial charge is 0.269 e. The van der Waals surface area contributed by atoms with Crippen LogP contribution in [0.4, 0.5) is 5.69 Å². The van der Waals surface area contributed by atoms with E-state index in [1.807, 2.05) is 31.2 Å². The third kappa shape index (κ3) is 3.23. The van der Waals surface area contributed by atoms with Crippen molar-refractivity contribution in [1.29, 1.82) is 0 Å². The fraction of sp³-hybridized carbons (Fsp3) is 0.333. The largest absolute Gasteiger partial charge is 0.358 e. The van der Waals surface area contributed by atoms with Gasteiger partial charge in [-0.2, -0.15) is 4.31 Å². The van der Waals surface area contributed by atoms with Gasteiger partial charge in [-0.1, -0.05) is 29.8 Å². The number of aryl methyl sites for hydroxylation is 1. The van der Waals surface area contributed by atoms with Gasteiger partial charge in [0.25, 0.3) is 5.69 Å². The van der Waals surface area contributed by atoms with Crippen LogP contribution >= 0.6 is 0 Å². The molecule has 1 unspecified atom stereocenters. The topological polar surface area (TPSA) is 89.8 Å². The molecule has 0 aliphatic carbocycles. The van der Waals surface area contributed by atoms with Gasteiger partial charge in [0.05, 0.1) is 22.5 Å². The van der Waals surface area contributed by atoms with E-state index in [2.05, 4.69) is 0 Å². The van der Waals surface area contributed by atoms with Crippen molar-refractivity contribution in [3.05, 3.63) is 69.8 Å². The zero-order valence-electron chi connectivity index (χ0n) is 14.7. The summed E-state index contributed by atoms with van der Waals surface area (Å²) >= 11 is 0. The Bertz CT molecular complexity index is 938. The van der Waals surface area contributed by atoms with Gasteiger partial charge >= 0.3 is 0 Å². The zero-order chi connectivity index (χ0) is 19.1. The minimum absolute atomic E-state index is 0.000622. The molecule has 1 saturated heterocycles. The second kappa shape index (κ2) is 6.46. The Morgan fingerprint density at radius 3 is 2.42 bits per heavy atom. The summed E-state index contributed by atoms with van der Waals surface area (Å²) in [6.07, 6.45) is 0. The summed E-state index contributed by atoms with van der Waals surface area (Å²) in [7, 11) is -3.91. The molecule has 26 heavy (non-hydrogen) atoms. The molecule has 3 rings (SSSR count). The predicted molar refractivity (Wildman–Crippen MR) is 96.1 cm³/mol. The molecular weight excluding hydrogens is 356 g/mol. The first kappa shape index (κ1) is 18.5. The summed E-state index contributed by atoms with van der Waals surface area (Å²) in [6.45, 7) is 5.58. The summed E-state index contributed by atoms with van der Waals surface area (Å²) in [5.74, 6) is 0. The van der Waals surface area contributed by atoms with Gasteiger partial charge in [0, 0.05) is 12.1 Å². The quantitative estimate of drug-likeness (QED) is 0.603. The lowest BCUT2D eigenvalue weighted by molar-refractivity contribution is -0.384. The van der Waals surface area contributed by atoms with E-state index in [0.29, 0.717) is 0 Å². The van der Waals surface area contributed by atoms with Crippen molar-refractivity contribution in [1.82, 2.24) is 4.31 Å². The monoisotopic (exact) mass is 376 g/mol. The van der Waals surface area contributed by atoms with Crippen LogP contribution in [0.1, 0.15) is 31.0 Å². The fourth-order valence-corrected chi connectivity index (χ4v) is 5.07. The number of ether oxygens (including phenoxy) is 1. The Labute approximate surface area is 152 Å². The number of rotatable bonds is 4. The molecular formula is C18H20N2O5S. The molecule has 0 N–H and O–H groups in total. The van der Waals surface area contributed by atoms with E-state index in [-0.39, 0.29) is 17.2 Å². The van der Waals surface area contributed by atoms with Crippen molar-refractivity contribution in [2.24, 2.45) is 0 Å². The number of sulfonamides is 1. The highest BCUT2D eigenvalue weighted by molar-refractivity contribution is 7.89. The molecule has 0 bridgehead atoms. The van der Waals surface area contributed by atoms with E-state index >= 15 is 0 Å². The Morgan fingerprint density at radius 1 is 1.19 bits per heavy atom. The molecule has 138 valence electrons. The molecule has 0 aromatic heterocycles. The van der Waals surface area contributed by atoms with Crippen LogP contribution in [-0.2, 0) is 14.8 Å². The van der Waals surface area contributed by atoms with E-state index in [4.69, 9.17) is 4.74 Å². The van der Waals surface area contributed by atoms with Crippen molar-refractivity contribution in [2.75, 3.05) is 6.61 Å². The summed E-state index contributed by atoms with van der Waals surface area (Å²) in [5.41, 5.74) is 0.687. The number of nitrogens with zero attached hydrogens (tertiary/aromatic N) is 2. The molecule has 7 nitrogen and oxygen atoms in total. The predicted octanol–water partition coefficient (Wildman–Crippen LogP) is 3.40. The van der Waals surface area contributed by atoms with Crippen LogP contribution in [0.15, 0.2) is 53.4 Å². The molecule has 8 heteroatoms. The molecule has 0 saturated carbocycles. The van der Waals surface area contributed by atoms with E-state index < -0.39 is 26.7 Å². The standard InChI is InChI=1S/C18H20N2O5S/c1-13-5-4-6-14(11-13)17-12-25-18(2,3)19(17)26(23,24)16-9-7-15(8-10-16)20(21)22/h4-11,17H,12H2,1-3H3. The van der Waals surface area contributed by atoms with Gasteiger partial charge < -0.3 is 4.74 Å². The van der Waals surface area contributed by atoms with Gasteiger partial charge in [0.2, 0.25) is 10.0 Å². The van der Waals surface area contributed by atoms with Crippen molar-refractivity contribution < 1.29 is 18.1 Å². The molecule has 1 atom stereocenters. The maximum absolute atomic E-state index is 13.3. The number of hydrogen-bond acceptors (Lipinski definition) is 5. The SMILES string of the molecule is Cc1cccc(C2COC(C)(C)N2S(=O)(=O)c2ccc([N+](=O)[O-])cc2)c1. The molecule has 1 fully saturated rings. The summed E-state index contributed by atoms with van der Waals surface area (Å²) < 4.78 is 33.7. The van der Waals surface area contributed by atoms with Crippen LogP contribution in [-0.4, -0.2) is 30.0 Å². The van der Waals surface area contributed by atoms with E-state index in [1.165, 1.54) is 28.6 Å². The number of nitro groups is 1. The number of nitro benzene ring substituents is 1. The lowest BCUT2D eigenvalue weighted by Gasteiger charge is -2.32. The van der Waals surface area contributed by atoms with Crippen LogP contribution < -0.4 is 0 Å². The van der Waals surface area contributed by atoms with Crippen LogP contribution in [0.3, 0.4) is 0 Å². The summed E-state index contributed by atoms with van der Waals surface area (Å²) in [5, 5.41) is 10.8. The normalized spacial score (nSPS) is 20.2. The highest BCUT2D eigenvalue weighted by Gasteiger charge is 2.49. The average Bonchev–Trinajstić information content (AvgIpc) is 2.91. The van der Waals surface area contributed by atoms with Gasteiger partial charge in [0.1, 0.15) is 5.72 Å². The van der Waals surface area contributed by atoms with Crippen molar-refractivity contribution >= 4 is 15.7 Å². The molecule has 2 aromatic rings. The highest BCUT2D eigenvalue weighted by Crippen LogP contribution is 2.41. The number of benzene rings is 2. The minimum atomic E-state index is -3.91. The van der Waals surface area contributed by atoms with E-state index in [1.54, 1.807) is 13.8 Å². The van der Waals surface area contributed by atoms with E-state index in [0.717, 1.165) is 11.1 Å². The lowest BCUT2D eigenvalue weighted by Crippen LogP contribution is -2.44. The molecule has 1 aliphatic heterocycles. The van der Waals surface area contributed by atoms with Crippen LogP contribution in [0.5, 0.6) is 0 Å². The lowest BCUT2D eigenvalue weighted by atomic mass is 10.1. The van der Waals surface area contributed by atoms with Crippen LogP contribution in [0.2, 0.25) is 0 Å². The molecule has 0 amide bonds. The first-order chi connectivity index (χ1) is 12.1. The Hall–Kier alpha value is -2.29. The summed E-state index contributed by atoms with van der Waals surface area (Å²) in [6, 6.07) is 12.1. The van der Waals surface area contributed by atoms with Crippen LogP contribution in [0, 0.1) is 17.0 Å². The zero-order valence-corrected chi connectivity index (χ0v) is 15.6. The maximum atomic E-state index is 13.3. The number of non-ortho nitro benzene ring substituents is 1. The van der Waals surface area contributed by atoms with E-state index in [9.17, 15) is 18.5 Å². The Morgan fingerprint density at radius 2 is 1.85 bits per heavy atom. The van der Waals surface area contributed by atoms with Crippen molar-refractivity contribution in [3.63, 3.8) is 0 Å².